The Hall–Kier alpha value is -2.69. The van der Waals surface area contributed by atoms with E-state index in [2.05, 4.69) is 11.6 Å². The summed E-state index contributed by atoms with van der Waals surface area (Å²) < 4.78 is 5.43. The number of aliphatic carboxylic acids is 1. The summed E-state index contributed by atoms with van der Waals surface area (Å²) in [5.41, 5.74) is 1.19. The highest BCUT2D eigenvalue weighted by atomic mass is 16.5. The molecule has 122 valence electrons. The van der Waals surface area contributed by atoms with Gasteiger partial charge < -0.3 is 9.84 Å². The zero-order chi connectivity index (χ0) is 17.2. The molecule has 0 heterocycles. The maximum absolute atomic E-state index is 12.0. The number of hydrogen-bond acceptors (Lipinski definition) is 4. The van der Waals surface area contributed by atoms with Crippen LogP contribution in [0.1, 0.15) is 37.0 Å². The van der Waals surface area contributed by atoms with Crippen LogP contribution in [0.3, 0.4) is 0 Å². The van der Waals surface area contributed by atoms with Crippen molar-refractivity contribution in [1.29, 1.82) is 0 Å². The number of carboxylic acids is 1. The molecule has 0 amide bonds. The molecule has 0 saturated carbocycles. The summed E-state index contributed by atoms with van der Waals surface area (Å²) in [5, 5.41) is 9.17. The molecule has 0 bridgehead atoms. The van der Waals surface area contributed by atoms with Crippen molar-refractivity contribution >= 4 is 17.7 Å². The summed E-state index contributed by atoms with van der Waals surface area (Å²) >= 11 is 0. The van der Waals surface area contributed by atoms with Crippen LogP contribution in [0.25, 0.3) is 0 Å². The van der Waals surface area contributed by atoms with Crippen LogP contribution in [0, 0.1) is 0 Å². The Morgan fingerprint density at radius 3 is 2.48 bits per heavy atom. The number of ketones is 1. The lowest BCUT2D eigenvalue weighted by atomic mass is 10.1. The van der Waals surface area contributed by atoms with Gasteiger partial charge in [-0.25, -0.2) is 9.79 Å². The summed E-state index contributed by atoms with van der Waals surface area (Å²) in [5.74, 6) is -1.06. The van der Waals surface area contributed by atoms with E-state index in [0.717, 1.165) is 0 Å². The maximum Gasteiger partial charge on any atom is 0.331 e. The molecule has 0 aliphatic heterocycles. The topological polar surface area (TPSA) is 76.0 Å². The normalized spacial score (nSPS) is 11.9. The molecule has 1 aromatic rings. The summed E-state index contributed by atoms with van der Waals surface area (Å²) in [7, 11) is 0. The highest BCUT2D eigenvalue weighted by Gasteiger charge is 2.14. The molecule has 5 nitrogen and oxygen atoms in total. The van der Waals surface area contributed by atoms with Crippen LogP contribution < -0.4 is 0 Å². The van der Waals surface area contributed by atoms with Gasteiger partial charge in [0, 0.05) is 16.8 Å². The second-order valence-corrected chi connectivity index (χ2v) is 4.94. The van der Waals surface area contributed by atoms with E-state index < -0.39 is 5.97 Å². The minimum atomic E-state index is -1.03. The van der Waals surface area contributed by atoms with Gasteiger partial charge in [-0.2, -0.15) is 0 Å². The predicted octanol–water partition coefficient (Wildman–Crippen LogP) is 3.63. The van der Waals surface area contributed by atoms with Gasteiger partial charge in [-0.05, 0) is 13.3 Å². The molecule has 23 heavy (non-hydrogen) atoms. The first-order valence-corrected chi connectivity index (χ1v) is 7.30. The Morgan fingerprint density at radius 1 is 1.30 bits per heavy atom. The van der Waals surface area contributed by atoms with Gasteiger partial charge in [0.05, 0.1) is 6.42 Å². The van der Waals surface area contributed by atoms with E-state index in [1.54, 1.807) is 37.3 Å². The number of benzene rings is 1. The second-order valence-electron chi connectivity index (χ2n) is 4.94. The van der Waals surface area contributed by atoms with Gasteiger partial charge in [0.2, 0.25) is 0 Å². The van der Waals surface area contributed by atoms with Gasteiger partial charge in [-0.3, -0.25) is 4.79 Å². The monoisotopic (exact) mass is 315 g/mol. The van der Waals surface area contributed by atoms with E-state index in [4.69, 9.17) is 4.74 Å². The number of hydrogen-bond donors (Lipinski definition) is 1. The summed E-state index contributed by atoms with van der Waals surface area (Å²) in [6.07, 6.45) is 2.20. The number of carbonyl (C=O) groups is 2. The number of ether oxygens (including phenoxy) is 1. The van der Waals surface area contributed by atoms with Crippen LogP contribution in [-0.2, 0) is 9.53 Å². The zero-order valence-corrected chi connectivity index (χ0v) is 13.4. The molecule has 5 heteroatoms. The van der Waals surface area contributed by atoms with Crippen molar-refractivity contribution in [2.75, 3.05) is 6.61 Å². The molecule has 0 atom stereocenters. The third-order valence-electron chi connectivity index (χ3n) is 2.85. The summed E-state index contributed by atoms with van der Waals surface area (Å²) in [4.78, 5) is 27.3. The molecule has 1 aromatic carbocycles. The smallest absolute Gasteiger partial charge is 0.331 e. The van der Waals surface area contributed by atoms with E-state index in [1.165, 1.54) is 0 Å². The Bertz CT molecular complexity index is 630. The Balaban J connectivity index is 2.80. The molecule has 0 aliphatic rings. The second kappa shape index (κ2) is 9.35. The lowest BCUT2D eigenvalue weighted by Crippen LogP contribution is -2.16. The molecule has 0 aromatic heterocycles. The quantitative estimate of drug-likeness (QED) is 0.344. The van der Waals surface area contributed by atoms with E-state index >= 15 is 0 Å². The Kier molecular flexibility index (Phi) is 7.47. The molecule has 0 fully saturated rings. The van der Waals surface area contributed by atoms with Crippen molar-refractivity contribution in [3.8, 4) is 0 Å². The molecule has 0 radical (unpaired) electrons. The molecular formula is C18H21NO4. The highest BCUT2D eigenvalue weighted by Crippen LogP contribution is 2.09. The molecule has 1 N–H and O–H groups in total. The Morgan fingerprint density at radius 2 is 1.96 bits per heavy atom. The molecule has 0 unspecified atom stereocenters. The van der Waals surface area contributed by atoms with Crippen LogP contribution in [0.15, 0.2) is 59.2 Å². The van der Waals surface area contributed by atoms with E-state index in [-0.39, 0.29) is 30.3 Å². The molecule has 1 rings (SSSR count). The van der Waals surface area contributed by atoms with Gasteiger partial charge in [0.15, 0.2) is 18.3 Å². The fraction of sp³-hybridized carbons (Fsp3) is 0.278. The number of allylic oxidation sites excluding steroid dienone is 2. The van der Waals surface area contributed by atoms with Crippen molar-refractivity contribution < 1.29 is 19.4 Å². The molecule has 0 aliphatic carbocycles. The van der Waals surface area contributed by atoms with E-state index in [0.29, 0.717) is 17.7 Å². The minimum Gasteiger partial charge on any atom is -0.478 e. The number of carbonyl (C=O) groups excluding carboxylic acids is 1. The Labute approximate surface area is 136 Å². The number of carboxylic acid groups (broad SMARTS) is 1. The fourth-order valence-corrected chi connectivity index (χ4v) is 1.84. The first-order valence-electron chi connectivity index (χ1n) is 7.30. The van der Waals surface area contributed by atoms with Gasteiger partial charge in [0.25, 0.3) is 0 Å². The van der Waals surface area contributed by atoms with Crippen LogP contribution in [0.5, 0.6) is 0 Å². The van der Waals surface area contributed by atoms with Crippen LogP contribution in [-0.4, -0.2) is 29.4 Å². The summed E-state index contributed by atoms with van der Waals surface area (Å²) in [6, 6.07) is 8.74. The zero-order valence-electron chi connectivity index (χ0n) is 13.4. The minimum absolute atomic E-state index is 0.0120. The SMILES string of the molecule is C=C(C)N=C(C/C(=C\CC)C(=O)O)OCC(=O)c1ccccc1. The number of rotatable bonds is 8. The third-order valence-corrected chi connectivity index (χ3v) is 2.85. The van der Waals surface area contributed by atoms with Crippen molar-refractivity contribution in [2.45, 2.75) is 26.7 Å². The average molecular weight is 315 g/mol. The largest absolute Gasteiger partial charge is 0.478 e. The first-order chi connectivity index (χ1) is 10.9. The average Bonchev–Trinajstić information content (AvgIpc) is 2.52. The number of Topliss-reactive ketones (excluding diaryl/α,β-unsaturated/α-hetero) is 1. The molecular weight excluding hydrogens is 294 g/mol. The third kappa shape index (κ3) is 6.74. The van der Waals surface area contributed by atoms with Gasteiger partial charge >= 0.3 is 5.97 Å². The van der Waals surface area contributed by atoms with E-state index in [9.17, 15) is 14.7 Å². The lowest BCUT2D eigenvalue weighted by Gasteiger charge is -2.10. The van der Waals surface area contributed by atoms with Crippen molar-refractivity contribution in [3.05, 3.63) is 59.8 Å². The number of aliphatic imine (C=N–C) groups is 1. The summed E-state index contributed by atoms with van der Waals surface area (Å²) in [6.45, 7) is 6.98. The lowest BCUT2D eigenvalue weighted by molar-refractivity contribution is -0.132. The van der Waals surface area contributed by atoms with E-state index in [1.807, 2.05) is 13.0 Å². The van der Waals surface area contributed by atoms with Crippen LogP contribution in [0.2, 0.25) is 0 Å². The van der Waals surface area contributed by atoms with Crippen LogP contribution in [0.4, 0.5) is 0 Å². The van der Waals surface area contributed by atoms with Crippen LogP contribution >= 0.6 is 0 Å². The van der Waals surface area contributed by atoms with Gasteiger partial charge in [-0.15, -0.1) is 0 Å². The number of nitrogens with zero attached hydrogens (tertiary/aromatic N) is 1. The van der Waals surface area contributed by atoms with Gasteiger partial charge in [0.1, 0.15) is 0 Å². The fourth-order valence-electron chi connectivity index (χ4n) is 1.84. The first kappa shape index (κ1) is 18.4. The molecule has 0 spiro atoms. The highest BCUT2D eigenvalue weighted by molar-refractivity contribution is 5.99. The van der Waals surface area contributed by atoms with Crippen molar-refractivity contribution in [2.24, 2.45) is 4.99 Å². The van der Waals surface area contributed by atoms with Crippen molar-refractivity contribution in [3.63, 3.8) is 0 Å². The van der Waals surface area contributed by atoms with Crippen molar-refractivity contribution in [1.82, 2.24) is 0 Å². The maximum atomic E-state index is 12.0. The van der Waals surface area contributed by atoms with Gasteiger partial charge in [-0.1, -0.05) is 49.9 Å². The molecule has 0 saturated heterocycles. The standard InChI is InChI=1S/C18H21NO4/c1-4-8-15(18(21)22)11-17(19-13(2)3)23-12-16(20)14-9-6-5-7-10-14/h5-10H,2,4,11-12H2,1,3H3,(H,21,22)/b15-8+,19-17?. The predicted molar refractivity (Wildman–Crippen MR) is 89.6 cm³/mol.